The molecule has 0 aliphatic heterocycles. The third kappa shape index (κ3) is 5.86. The highest BCUT2D eigenvalue weighted by Gasteiger charge is 2.30. The molecule has 4 aromatic carbocycles. The first-order valence-electron chi connectivity index (χ1n) is 12.4. The Balaban J connectivity index is 1.34. The number of rotatable bonds is 6. The van der Waals surface area contributed by atoms with Crippen molar-refractivity contribution >= 4 is 28.6 Å². The normalized spacial score (nSPS) is 11.3. The monoisotopic (exact) mass is 540 g/mol. The Bertz CT molecular complexity index is 1700. The molecule has 5 nitrogen and oxygen atoms in total. The van der Waals surface area contributed by atoms with Crippen molar-refractivity contribution < 1.29 is 27.5 Å². The molecule has 0 saturated heterocycles. The predicted molar refractivity (Wildman–Crippen MR) is 147 cm³/mol. The van der Waals surface area contributed by atoms with Gasteiger partial charge in [-0.15, -0.1) is 0 Å². The minimum atomic E-state index is -4.45. The zero-order valence-corrected chi connectivity index (χ0v) is 21.3. The number of carbonyl (C=O) groups excluding carboxylic acids is 2. The molecule has 8 heteroatoms. The van der Waals surface area contributed by atoms with Gasteiger partial charge in [0.1, 0.15) is 12.4 Å². The Hall–Kier alpha value is -4.98. The summed E-state index contributed by atoms with van der Waals surface area (Å²) in [7, 11) is 0. The molecule has 0 radical (unpaired) electrons. The van der Waals surface area contributed by atoms with E-state index < -0.39 is 23.6 Å². The number of benzene rings is 4. The number of halogens is 3. The summed E-state index contributed by atoms with van der Waals surface area (Å²) in [5.74, 6) is -0.623. The largest absolute Gasteiger partial charge is 0.457 e. The fourth-order valence-corrected chi connectivity index (χ4v) is 4.38. The number of fused-ring (bicyclic) bond motifs is 1. The number of hydrogen-bond acceptors (Lipinski definition) is 4. The second-order valence-corrected chi connectivity index (χ2v) is 9.19. The number of nitrogens with one attached hydrogen (secondary N) is 1. The lowest BCUT2D eigenvalue weighted by molar-refractivity contribution is -0.137. The van der Waals surface area contributed by atoms with Crippen LogP contribution in [0.5, 0.6) is 0 Å². The molecular formula is C32H23F3N2O3. The Labute approximate surface area is 228 Å². The summed E-state index contributed by atoms with van der Waals surface area (Å²) < 4.78 is 44.5. The lowest BCUT2D eigenvalue weighted by Crippen LogP contribution is -2.15. The average Bonchev–Trinajstić information content (AvgIpc) is 2.95. The number of nitrogens with zero attached hydrogens (tertiary/aromatic N) is 1. The topological polar surface area (TPSA) is 68.3 Å². The van der Waals surface area contributed by atoms with E-state index in [1.807, 2.05) is 30.3 Å². The molecule has 0 aliphatic rings. The van der Waals surface area contributed by atoms with Crippen LogP contribution in [0.4, 0.5) is 19.0 Å². The van der Waals surface area contributed by atoms with E-state index in [1.165, 1.54) is 12.1 Å². The van der Waals surface area contributed by atoms with Gasteiger partial charge in [0, 0.05) is 10.9 Å². The van der Waals surface area contributed by atoms with E-state index in [-0.39, 0.29) is 12.4 Å². The van der Waals surface area contributed by atoms with E-state index in [0.29, 0.717) is 33.2 Å². The fraction of sp³-hybridized carbons (Fsp3) is 0.0938. The Morgan fingerprint density at radius 3 is 2.33 bits per heavy atom. The van der Waals surface area contributed by atoms with E-state index in [0.717, 1.165) is 23.3 Å². The van der Waals surface area contributed by atoms with Crippen molar-refractivity contribution in [2.45, 2.75) is 19.7 Å². The first kappa shape index (κ1) is 26.6. The van der Waals surface area contributed by atoms with Gasteiger partial charge >= 0.3 is 12.1 Å². The third-order valence-corrected chi connectivity index (χ3v) is 6.40. The average molecular weight is 541 g/mol. The van der Waals surface area contributed by atoms with E-state index in [2.05, 4.69) is 10.3 Å². The maximum Gasteiger partial charge on any atom is 0.416 e. The lowest BCUT2D eigenvalue weighted by atomic mass is 9.94. The molecule has 5 rings (SSSR count). The van der Waals surface area contributed by atoms with Crippen LogP contribution in [0, 0.1) is 6.92 Å². The molecule has 0 saturated carbocycles. The second-order valence-electron chi connectivity index (χ2n) is 9.19. The van der Waals surface area contributed by atoms with Crippen LogP contribution in [-0.4, -0.2) is 16.9 Å². The number of alkyl halides is 3. The third-order valence-electron chi connectivity index (χ3n) is 6.40. The van der Waals surface area contributed by atoms with Gasteiger partial charge in [-0.3, -0.25) is 4.79 Å². The first-order chi connectivity index (χ1) is 19.2. The number of aryl methyl sites for hydroxylation is 1. The fourth-order valence-electron chi connectivity index (χ4n) is 4.38. The Morgan fingerprint density at radius 1 is 0.850 bits per heavy atom. The summed E-state index contributed by atoms with van der Waals surface area (Å²) in [6.45, 7) is 1.95. The molecule has 0 bridgehead atoms. The Morgan fingerprint density at radius 2 is 1.60 bits per heavy atom. The smallest absolute Gasteiger partial charge is 0.416 e. The number of amides is 1. The summed E-state index contributed by atoms with van der Waals surface area (Å²) in [5.41, 5.74) is 3.14. The molecule has 0 spiro atoms. The maximum absolute atomic E-state index is 13.3. The van der Waals surface area contributed by atoms with Gasteiger partial charge in [-0.1, -0.05) is 54.6 Å². The van der Waals surface area contributed by atoms with E-state index in [1.54, 1.807) is 55.5 Å². The number of aromatic nitrogens is 1. The number of anilines is 1. The molecule has 0 unspecified atom stereocenters. The number of esters is 1. The summed E-state index contributed by atoms with van der Waals surface area (Å²) in [6, 6.07) is 27.5. The van der Waals surface area contributed by atoms with Crippen LogP contribution in [-0.2, 0) is 17.5 Å². The molecule has 40 heavy (non-hydrogen) atoms. The van der Waals surface area contributed by atoms with Gasteiger partial charge in [0.05, 0.1) is 16.6 Å². The Kier molecular flexibility index (Phi) is 7.33. The number of carbonyl (C=O) groups is 2. The van der Waals surface area contributed by atoms with Crippen LogP contribution in [0.25, 0.3) is 22.0 Å². The van der Waals surface area contributed by atoms with Crippen LogP contribution in [0.15, 0.2) is 103 Å². The van der Waals surface area contributed by atoms with E-state index >= 15 is 0 Å². The van der Waals surface area contributed by atoms with Crippen LogP contribution in [0.3, 0.4) is 0 Å². The van der Waals surface area contributed by atoms with Crippen molar-refractivity contribution in [1.82, 2.24) is 4.98 Å². The highest BCUT2D eigenvalue weighted by atomic mass is 19.4. The molecular weight excluding hydrogens is 517 g/mol. The second kappa shape index (κ2) is 11.0. The molecule has 200 valence electrons. The molecule has 1 aromatic heterocycles. The van der Waals surface area contributed by atoms with Crippen LogP contribution >= 0.6 is 0 Å². The standard InChI is InChI=1S/C32H23F3N2O3/c1-20-6-5-9-26(29(20)22-10-14-25(15-11-22)32(33,34)35)30(38)37-28-17-13-23-18-24(12-16-27(23)36-28)31(39)40-19-21-7-3-2-4-8-21/h2-18H,19H2,1H3,(H,36,37,38). The molecule has 0 atom stereocenters. The quantitative estimate of drug-likeness (QED) is 0.223. The van der Waals surface area contributed by atoms with Crippen molar-refractivity contribution in [3.63, 3.8) is 0 Å². The minimum Gasteiger partial charge on any atom is -0.457 e. The number of hydrogen-bond donors (Lipinski definition) is 1. The molecule has 1 amide bonds. The highest BCUT2D eigenvalue weighted by molar-refractivity contribution is 6.09. The van der Waals surface area contributed by atoms with Crippen LogP contribution in [0.1, 0.15) is 37.4 Å². The minimum absolute atomic E-state index is 0.161. The maximum atomic E-state index is 13.3. The van der Waals surface area contributed by atoms with Gasteiger partial charge in [-0.25, -0.2) is 9.78 Å². The predicted octanol–water partition coefficient (Wildman–Crippen LogP) is 7.84. The lowest BCUT2D eigenvalue weighted by Gasteiger charge is -2.14. The van der Waals surface area contributed by atoms with Gasteiger partial charge in [-0.2, -0.15) is 13.2 Å². The van der Waals surface area contributed by atoms with Crippen LogP contribution in [0.2, 0.25) is 0 Å². The number of ether oxygens (including phenoxy) is 1. The summed E-state index contributed by atoms with van der Waals surface area (Å²) in [6.07, 6.45) is -4.45. The van der Waals surface area contributed by atoms with Gasteiger partial charge in [0.2, 0.25) is 0 Å². The summed E-state index contributed by atoms with van der Waals surface area (Å²) >= 11 is 0. The molecule has 0 aliphatic carbocycles. The first-order valence-corrected chi connectivity index (χ1v) is 12.4. The highest BCUT2D eigenvalue weighted by Crippen LogP contribution is 2.33. The van der Waals surface area contributed by atoms with E-state index in [4.69, 9.17) is 4.74 Å². The van der Waals surface area contributed by atoms with Crippen molar-refractivity contribution in [2.75, 3.05) is 5.32 Å². The SMILES string of the molecule is Cc1cccc(C(=O)Nc2ccc3cc(C(=O)OCc4ccccc4)ccc3n2)c1-c1ccc(C(F)(F)F)cc1. The zero-order chi connectivity index (χ0) is 28.3. The van der Waals surface area contributed by atoms with Crippen molar-refractivity contribution in [1.29, 1.82) is 0 Å². The van der Waals surface area contributed by atoms with Gasteiger partial charge in [0.15, 0.2) is 0 Å². The van der Waals surface area contributed by atoms with Gasteiger partial charge < -0.3 is 10.1 Å². The molecule has 1 heterocycles. The molecule has 5 aromatic rings. The molecule has 1 N–H and O–H groups in total. The van der Waals surface area contributed by atoms with Crippen molar-refractivity contribution in [2.24, 2.45) is 0 Å². The van der Waals surface area contributed by atoms with Crippen molar-refractivity contribution in [3.8, 4) is 11.1 Å². The van der Waals surface area contributed by atoms with Crippen LogP contribution < -0.4 is 5.32 Å². The summed E-state index contributed by atoms with van der Waals surface area (Å²) in [5, 5.41) is 3.47. The van der Waals surface area contributed by atoms with Gasteiger partial charge in [-0.05, 0) is 77.7 Å². The van der Waals surface area contributed by atoms with Gasteiger partial charge in [0.25, 0.3) is 5.91 Å². The van der Waals surface area contributed by atoms with Crippen molar-refractivity contribution in [3.05, 3.63) is 131 Å². The summed E-state index contributed by atoms with van der Waals surface area (Å²) in [4.78, 5) is 30.3. The van der Waals surface area contributed by atoms with E-state index in [9.17, 15) is 22.8 Å². The number of pyridine rings is 1. The molecule has 0 fully saturated rings. The zero-order valence-electron chi connectivity index (χ0n) is 21.3.